The highest BCUT2D eigenvalue weighted by Crippen LogP contribution is 2.24. The molecule has 0 bridgehead atoms. The van der Waals surface area contributed by atoms with Crippen LogP contribution in [0.25, 0.3) is 0 Å². The molecular weight excluding hydrogens is 664 g/mol. The average molecular weight is 695 g/mol. The van der Waals surface area contributed by atoms with E-state index in [1.165, 1.54) is 24.3 Å². The van der Waals surface area contributed by atoms with Gasteiger partial charge in [0.25, 0.3) is 20.0 Å². The van der Waals surface area contributed by atoms with Crippen LogP contribution >= 0.6 is 0 Å². The van der Waals surface area contributed by atoms with E-state index in [0.717, 1.165) is 24.3 Å². The van der Waals surface area contributed by atoms with Crippen molar-refractivity contribution >= 4 is 55.6 Å². The summed E-state index contributed by atoms with van der Waals surface area (Å²) in [6.45, 7) is 1.60. The van der Waals surface area contributed by atoms with Gasteiger partial charge in [-0.25, -0.2) is 26.4 Å². The number of benzene rings is 2. The molecule has 4 rings (SSSR count). The van der Waals surface area contributed by atoms with Gasteiger partial charge >= 0.3 is 11.9 Å². The summed E-state index contributed by atoms with van der Waals surface area (Å²) in [6, 6.07) is 9.21. The number of imide groups is 2. The maximum absolute atomic E-state index is 12.6. The van der Waals surface area contributed by atoms with Gasteiger partial charge in [0.15, 0.2) is 0 Å². The van der Waals surface area contributed by atoms with Crippen molar-refractivity contribution in [3.05, 3.63) is 59.7 Å². The summed E-state index contributed by atoms with van der Waals surface area (Å²) in [5.41, 5.74) is 0.0929. The van der Waals surface area contributed by atoms with Crippen LogP contribution in [0.2, 0.25) is 0 Å². The van der Waals surface area contributed by atoms with Crippen molar-refractivity contribution in [3.8, 4) is 0 Å². The molecule has 0 spiro atoms. The van der Waals surface area contributed by atoms with Crippen molar-refractivity contribution in [1.29, 1.82) is 0 Å². The summed E-state index contributed by atoms with van der Waals surface area (Å²) in [5.74, 6) is -4.72. The second-order valence-corrected chi connectivity index (χ2v) is 13.8. The molecular formula is C29H30N2O14S2. The second kappa shape index (κ2) is 14.9. The van der Waals surface area contributed by atoms with E-state index < -0.39 is 61.7 Å². The number of sulfonamides is 2. The smallest absolute Gasteiger partial charge is 0.338 e. The lowest BCUT2D eigenvalue weighted by Gasteiger charge is -2.15. The summed E-state index contributed by atoms with van der Waals surface area (Å²) in [6.07, 6.45) is -1.16. The number of hydrogen-bond donors (Lipinski definition) is 0. The summed E-state index contributed by atoms with van der Waals surface area (Å²) in [5, 5.41) is 0. The van der Waals surface area contributed by atoms with Gasteiger partial charge in [-0.05, 0) is 55.5 Å². The van der Waals surface area contributed by atoms with E-state index in [9.17, 15) is 45.6 Å². The van der Waals surface area contributed by atoms with Crippen molar-refractivity contribution in [1.82, 2.24) is 8.61 Å². The summed E-state index contributed by atoms with van der Waals surface area (Å²) >= 11 is 0. The predicted molar refractivity (Wildman–Crippen MR) is 156 cm³/mol. The SMILES string of the molecule is CC(COCCOC(=O)c1ccc(S(=O)(=O)N2C(=O)CCC2=O)cc1)OCCOC(=O)c1ccc(S(=O)(=O)N2C(=O)CCC2=O)cc1. The molecule has 0 aliphatic carbocycles. The average Bonchev–Trinajstić information content (AvgIpc) is 3.58. The molecule has 0 saturated carbocycles. The lowest BCUT2D eigenvalue weighted by atomic mass is 10.2. The molecule has 2 fully saturated rings. The van der Waals surface area contributed by atoms with Crippen LogP contribution in [0.1, 0.15) is 53.3 Å². The van der Waals surface area contributed by atoms with E-state index in [1.807, 2.05) is 0 Å². The summed E-state index contributed by atoms with van der Waals surface area (Å²) < 4.78 is 71.9. The first kappa shape index (κ1) is 35.3. The molecule has 2 heterocycles. The molecule has 252 valence electrons. The topological polar surface area (TPSA) is 214 Å². The Morgan fingerprint density at radius 3 is 1.36 bits per heavy atom. The van der Waals surface area contributed by atoms with E-state index in [1.54, 1.807) is 6.92 Å². The molecule has 1 unspecified atom stereocenters. The molecule has 0 aromatic heterocycles. The van der Waals surface area contributed by atoms with E-state index in [2.05, 4.69) is 0 Å². The molecule has 2 saturated heterocycles. The Morgan fingerprint density at radius 1 is 0.617 bits per heavy atom. The predicted octanol–water partition coefficient (Wildman–Crippen LogP) is 0.798. The minimum atomic E-state index is -4.36. The highest BCUT2D eigenvalue weighted by atomic mass is 32.2. The Morgan fingerprint density at radius 2 is 0.979 bits per heavy atom. The molecule has 4 amide bonds. The van der Waals surface area contributed by atoms with E-state index >= 15 is 0 Å². The Hall–Kier alpha value is -4.52. The zero-order chi connectivity index (χ0) is 34.4. The van der Waals surface area contributed by atoms with E-state index in [0.29, 0.717) is 0 Å². The minimum absolute atomic E-state index is 0.0166. The van der Waals surface area contributed by atoms with E-state index in [-0.39, 0.29) is 88.2 Å². The first-order chi connectivity index (χ1) is 22.2. The zero-order valence-corrected chi connectivity index (χ0v) is 26.6. The molecule has 2 aliphatic heterocycles. The van der Waals surface area contributed by atoms with Crippen molar-refractivity contribution in [3.63, 3.8) is 0 Å². The van der Waals surface area contributed by atoms with E-state index in [4.69, 9.17) is 18.9 Å². The monoisotopic (exact) mass is 694 g/mol. The molecule has 2 aromatic carbocycles. The second-order valence-electron chi connectivity index (χ2n) is 10.2. The molecule has 2 aromatic rings. The highest BCUT2D eigenvalue weighted by molar-refractivity contribution is 7.90. The van der Waals surface area contributed by atoms with Crippen LogP contribution in [-0.4, -0.2) is 100 Å². The van der Waals surface area contributed by atoms with Crippen LogP contribution in [-0.2, 0) is 58.2 Å². The first-order valence-corrected chi connectivity index (χ1v) is 17.1. The van der Waals surface area contributed by atoms with Gasteiger partial charge in [0.05, 0.1) is 46.8 Å². The fraction of sp³-hybridized carbons (Fsp3) is 0.379. The van der Waals surface area contributed by atoms with Crippen molar-refractivity contribution in [2.45, 2.75) is 48.5 Å². The largest absolute Gasteiger partial charge is 0.460 e. The maximum atomic E-state index is 12.6. The number of esters is 2. The lowest BCUT2D eigenvalue weighted by molar-refractivity contribution is -0.134. The number of carbonyl (C=O) groups is 6. The molecule has 18 heteroatoms. The van der Waals surface area contributed by atoms with Gasteiger partial charge in [-0.15, -0.1) is 0 Å². The van der Waals surface area contributed by atoms with Crippen LogP contribution in [0.15, 0.2) is 58.3 Å². The van der Waals surface area contributed by atoms with Crippen LogP contribution in [0.5, 0.6) is 0 Å². The van der Waals surface area contributed by atoms with Gasteiger partial charge in [-0.3, -0.25) is 19.2 Å². The fourth-order valence-corrected chi connectivity index (χ4v) is 7.25. The Balaban J connectivity index is 1.11. The summed E-state index contributed by atoms with van der Waals surface area (Å²) in [4.78, 5) is 71.1. The molecule has 16 nitrogen and oxygen atoms in total. The number of carbonyl (C=O) groups excluding carboxylic acids is 6. The zero-order valence-electron chi connectivity index (χ0n) is 25.0. The maximum Gasteiger partial charge on any atom is 0.338 e. The third kappa shape index (κ3) is 8.26. The van der Waals surface area contributed by atoms with Crippen LogP contribution < -0.4 is 0 Å². The van der Waals surface area contributed by atoms with Gasteiger partial charge < -0.3 is 18.9 Å². The number of nitrogens with zero attached hydrogens (tertiary/aromatic N) is 2. The number of amides is 4. The minimum Gasteiger partial charge on any atom is -0.460 e. The van der Waals surface area contributed by atoms with Gasteiger partial charge in [-0.2, -0.15) is 8.61 Å². The number of hydrogen-bond acceptors (Lipinski definition) is 14. The van der Waals surface area contributed by atoms with Gasteiger partial charge in [0, 0.05) is 25.7 Å². The van der Waals surface area contributed by atoms with Crippen molar-refractivity contribution in [2.24, 2.45) is 0 Å². The summed E-state index contributed by atoms with van der Waals surface area (Å²) in [7, 11) is -8.72. The van der Waals surface area contributed by atoms with Crippen LogP contribution in [0.4, 0.5) is 0 Å². The fourth-order valence-electron chi connectivity index (χ4n) is 4.43. The normalized spacial score (nSPS) is 16.1. The van der Waals surface area contributed by atoms with Crippen LogP contribution in [0.3, 0.4) is 0 Å². The quantitative estimate of drug-likeness (QED) is 0.143. The Kier molecular flexibility index (Phi) is 11.2. The standard InChI is InChI=1S/C29H30N2O14S2/c1-19(43-16-17-45-29(37)21-4-8-23(9-5-21)47(40,41)31-26(34)12-13-27(31)35)18-42-14-15-44-28(36)20-2-6-22(7-3-20)46(38,39)30-24(32)10-11-25(30)33/h2-9,19H,10-18H2,1H3. The van der Waals surface area contributed by atoms with Gasteiger partial charge in [0.2, 0.25) is 23.6 Å². The third-order valence-electron chi connectivity index (χ3n) is 6.80. The third-order valence-corrected chi connectivity index (χ3v) is 10.3. The van der Waals surface area contributed by atoms with Gasteiger partial charge in [0.1, 0.15) is 13.2 Å². The first-order valence-electron chi connectivity index (χ1n) is 14.2. The molecule has 1 atom stereocenters. The number of rotatable bonds is 15. The van der Waals surface area contributed by atoms with Crippen LogP contribution in [0, 0.1) is 0 Å². The number of ether oxygens (including phenoxy) is 4. The molecule has 2 aliphatic rings. The molecule has 0 radical (unpaired) electrons. The molecule has 0 N–H and O–H groups in total. The van der Waals surface area contributed by atoms with Crippen molar-refractivity contribution < 1.29 is 64.6 Å². The van der Waals surface area contributed by atoms with Gasteiger partial charge in [-0.1, -0.05) is 0 Å². The Labute approximate surface area is 269 Å². The Bertz CT molecular complexity index is 1740. The van der Waals surface area contributed by atoms with Crippen molar-refractivity contribution in [2.75, 3.05) is 33.0 Å². The lowest BCUT2D eigenvalue weighted by Crippen LogP contribution is -2.35. The molecule has 47 heavy (non-hydrogen) atoms. The highest BCUT2D eigenvalue weighted by Gasteiger charge is 2.40.